The van der Waals surface area contributed by atoms with Gasteiger partial charge in [-0.05, 0) is 60.0 Å². The van der Waals surface area contributed by atoms with Crippen LogP contribution < -0.4 is 21.3 Å². The van der Waals surface area contributed by atoms with E-state index in [-0.39, 0.29) is 17.8 Å². The maximum Gasteiger partial charge on any atom is 0.323 e. The summed E-state index contributed by atoms with van der Waals surface area (Å²) in [5.41, 5.74) is 2.57. The number of amides is 4. The van der Waals surface area contributed by atoms with E-state index in [9.17, 15) is 14.4 Å². The van der Waals surface area contributed by atoms with Crippen molar-refractivity contribution in [3.63, 3.8) is 0 Å². The van der Waals surface area contributed by atoms with Crippen LogP contribution >= 0.6 is 11.3 Å². The maximum atomic E-state index is 12.8. The van der Waals surface area contributed by atoms with Crippen molar-refractivity contribution in [3.05, 3.63) is 107 Å². The molecule has 0 aliphatic carbocycles. The lowest BCUT2D eigenvalue weighted by atomic mass is 10.1. The first-order valence-corrected chi connectivity index (χ1v) is 10.9. The lowest BCUT2D eigenvalue weighted by Gasteiger charge is -2.12. The van der Waals surface area contributed by atoms with E-state index < -0.39 is 0 Å². The van der Waals surface area contributed by atoms with Gasteiger partial charge in [-0.3, -0.25) is 9.59 Å². The molecule has 33 heavy (non-hydrogen) atoms. The molecule has 0 aliphatic rings. The van der Waals surface area contributed by atoms with Gasteiger partial charge in [-0.15, -0.1) is 11.3 Å². The molecule has 0 unspecified atom stereocenters. The van der Waals surface area contributed by atoms with Crippen LogP contribution in [0.1, 0.15) is 20.0 Å². The van der Waals surface area contributed by atoms with E-state index in [1.54, 1.807) is 72.8 Å². The molecule has 0 spiro atoms. The summed E-state index contributed by atoms with van der Waals surface area (Å²) in [6.07, 6.45) is 0. The smallest absolute Gasteiger partial charge is 0.322 e. The van der Waals surface area contributed by atoms with Gasteiger partial charge in [0, 0.05) is 17.1 Å². The van der Waals surface area contributed by atoms with Gasteiger partial charge in [-0.1, -0.05) is 36.4 Å². The Morgan fingerprint density at radius 2 is 1.15 bits per heavy atom. The predicted octanol–water partition coefficient (Wildman–Crippen LogP) is 5.90. The van der Waals surface area contributed by atoms with Crippen LogP contribution in [-0.4, -0.2) is 17.8 Å². The molecular weight excluding hydrogens is 436 g/mol. The maximum absolute atomic E-state index is 12.8. The Morgan fingerprint density at radius 1 is 0.545 bits per heavy atom. The van der Waals surface area contributed by atoms with Crippen LogP contribution in [0, 0.1) is 0 Å². The van der Waals surface area contributed by atoms with Gasteiger partial charge >= 0.3 is 6.03 Å². The van der Waals surface area contributed by atoms with Gasteiger partial charge in [0.15, 0.2) is 0 Å². The summed E-state index contributed by atoms with van der Waals surface area (Å²) in [7, 11) is 0. The second-order valence-corrected chi connectivity index (χ2v) is 7.90. The van der Waals surface area contributed by atoms with Crippen molar-refractivity contribution in [2.45, 2.75) is 0 Å². The van der Waals surface area contributed by atoms with Crippen molar-refractivity contribution >= 4 is 51.9 Å². The van der Waals surface area contributed by atoms with Crippen LogP contribution in [0.3, 0.4) is 0 Å². The van der Waals surface area contributed by atoms with E-state index in [1.807, 2.05) is 23.6 Å². The van der Waals surface area contributed by atoms with E-state index in [1.165, 1.54) is 11.3 Å². The highest BCUT2D eigenvalue weighted by Gasteiger charge is 2.15. The van der Waals surface area contributed by atoms with Gasteiger partial charge in [0.25, 0.3) is 11.8 Å². The molecule has 164 valence electrons. The number of carbonyl (C=O) groups excluding carboxylic acids is 3. The summed E-state index contributed by atoms with van der Waals surface area (Å²) in [5.74, 6) is -0.630. The van der Waals surface area contributed by atoms with Gasteiger partial charge < -0.3 is 21.3 Å². The number of rotatable bonds is 6. The van der Waals surface area contributed by atoms with E-state index >= 15 is 0 Å². The summed E-state index contributed by atoms with van der Waals surface area (Å²) >= 11 is 1.33. The van der Waals surface area contributed by atoms with Crippen molar-refractivity contribution in [1.29, 1.82) is 0 Å². The quantitative estimate of drug-likeness (QED) is 0.291. The SMILES string of the molecule is O=C(Nc1ccccc1)Nc1ccc(NC(=O)c2ccccc2NC(=O)c2cccs2)cc1. The molecule has 0 fully saturated rings. The molecule has 4 rings (SSSR count). The van der Waals surface area contributed by atoms with Crippen molar-refractivity contribution in [3.8, 4) is 0 Å². The van der Waals surface area contributed by atoms with Crippen LogP contribution in [0.4, 0.5) is 27.5 Å². The van der Waals surface area contributed by atoms with Gasteiger partial charge in [0.2, 0.25) is 0 Å². The molecule has 0 atom stereocenters. The molecule has 0 bridgehead atoms. The summed E-state index contributed by atoms with van der Waals surface area (Å²) in [6.45, 7) is 0. The highest BCUT2D eigenvalue weighted by molar-refractivity contribution is 7.12. The Hall–Kier alpha value is -4.43. The Balaban J connectivity index is 1.38. The van der Waals surface area contributed by atoms with E-state index in [0.717, 1.165) is 0 Å². The number of hydrogen-bond donors (Lipinski definition) is 4. The zero-order valence-electron chi connectivity index (χ0n) is 17.4. The number of urea groups is 1. The minimum Gasteiger partial charge on any atom is -0.322 e. The molecule has 1 heterocycles. The largest absolute Gasteiger partial charge is 0.323 e. The third kappa shape index (κ3) is 5.84. The molecule has 0 aliphatic heterocycles. The van der Waals surface area contributed by atoms with Crippen LogP contribution in [0.2, 0.25) is 0 Å². The molecule has 4 amide bonds. The highest BCUT2D eigenvalue weighted by Crippen LogP contribution is 2.21. The predicted molar refractivity (Wildman–Crippen MR) is 132 cm³/mol. The molecule has 3 aromatic carbocycles. The Labute approximate surface area is 194 Å². The number of carbonyl (C=O) groups is 3. The van der Waals surface area contributed by atoms with E-state index in [0.29, 0.717) is 33.2 Å². The van der Waals surface area contributed by atoms with Crippen LogP contribution in [0.15, 0.2) is 96.4 Å². The minimum atomic E-state index is -0.367. The molecule has 4 N–H and O–H groups in total. The van der Waals surface area contributed by atoms with Crippen LogP contribution in [0.5, 0.6) is 0 Å². The number of benzene rings is 3. The Kier molecular flexibility index (Phi) is 6.77. The third-order valence-electron chi connectivity index (χ3n) is 4.60. The molecule has 1 aromatic heterocycles. The average molecular weight is 457 g/mol. The number of para-hydroxylation sites is 2. The Bertz CT molecular complexity index is 1260. The zero-order valence-corrected chi connectivity index (χ0v) is 18.2. The fraction of sp³-hybridized carbons (Fsp3) is 0. The van der Waals surface area contributed by atoms with Crippen LogP contribution in [-0.2, 0) is 0 Å². The minimum absolute atomic E-state index is 0.269. The molecule has 4 aromatic rings. The van der Waals surface area contributed by atoms with Gasteiger partial charge in [0.05, 0.1) is 16.1 Å². The number of anilines is 4. The monoisotopic (exact) mass is 456 g/mol. The van der Waals surface area contributed by atoms with Crippen molar-refractivity contribution < 1.29 is 14.4 Å². The first kappa shape index (κ1) is 21.8. The van der Waals surface area contributed by atoms with Crippen LogP contribution in [0.25, 0.3) is 0 Å². The van der Waals surface area contributed by atoms with E-state index in [4.69, 9.17) is 0 Å². The van der Waals surface area contributed by atoms with Crippen molar-refractivity contribution in [2.24, 2.45) is 0 Å². The number of hydrogen-bond acceptors (Lipinski definition) is 4. The zero-order chi connectivity index (χ0) is 23.0. The lowest BCUT2D eigenvalue weighted by molar-refractivity contribution is 0.102. The summed E-state index contributed by atoms with van der Waals surface area (Å²) in [6, 6.07) is 25.8. The summed E-state index contributed by atoms with van der Waals surface area (Å²) in [5, 5.41) is 12.9. The molecule has 0 saturated carbocycles. The first-order chi connectivity index (χ1) is 16.1. The summed E-state index contributed by atoms with van der Waals surface area (Å²) in [4.78, 5) is 37.9. The van der Waals surface area contributed by atoms with E-state index in [2.05, 4.69) is 21.3 Å². The molecule has 7 nitrogen and oxygen atoms in total. The molecule has 0 saturated heterocycles. The van der Waals surface area contributed by atoms with Crippen molar-refractivity contribution in [2.75, 3.05) is 21.3 Å². The normalized spacial score (nSPS) is 10.2. The number of thiophene rings is 1. The lowest BCUT2D eigenvalue weighted by Crippen LogP contribution is -2.19. The number of nitrogens with one attached hydrogen (secondary N) is 4. The fourth-order valence-corrected chi connectivity index (χ4v) is 3.65. The average Bonchev–Trinajstić information content (AvgIpc) is 3.37. The topological polar surface area (TPSA) is 99.3 Å². The van der Waals surface area contributed by atoms with Gasteiger partial charge in [-0.25, -0.2) is 4.79 Å². The second-order valence-electron chi connectivity index (χ2n) is 6.95. The van der Waals surface area contributed by atoms with Crippen molar-refractivity contribution in [1.82, 2.24) is 0 Å². The third-order valence-corrected chi connectivity index (χ3v) is 5.47. The molecule has 0 radical (unpaired) electrons. The second kappa shape index (κ2) is 10.3. The van der Waals surface area contributed by atoms with Gasteiger partial charge in [-0.2, -0.15) is 0 Å². The van der Waals surface area contributed by atoms with Gasteiger partial charge in [0.1, 0.15) is 0 Å². The highest BCUT2D eigenvalue weighted by atomic mass is 32.1. The Morgan fingerprint density at radius 3 is 1.82 bits per heavy atom. The molecule has 8 heteroatoms. The fourth-order valence-electron chi connectivity index (χ4n) is 3.03. The summed E-state index contributed by atoms with van der Waals surface area (Å²) < 4.78 is 0. The molecular formula is C25H20N4O3S. The first-order valence-electron chi connectivity index (χ1n) is 10.1. The standard InChI is InChI=1S/C25H20N4O3S/c30-23(20-9-4-5-10-21(20)29-24(31)22-11-6-16-33-22)26-18-12-14-19(15-13-18)28-25(32)27-17-7-2-1-3-8-17/h1-16H,(H,26,30)(H,29,31)(H2,27,28,32).